The predicted molar refractivity (Wildman–Crippen MR) is 73.4 cm³/mol. The fraction of sp³-hybridized carbons (Fsp3) is 0.417. The van der Waals surface area contributed by atoms with E-state index in [9.17, 15) is 4.79 Å². The Morgan fingerprint density at radius 2 is 2.29 bits per heavy atom. The van der Waals surface area contributed by atoms with Crippen LogP contribution in [0.1, 0.15) is 13.8 Å². The molecule has 0 fully saturated rings. The average molecular weight is 321 g/mol. The van der Waals surface area contributed by atoms with Gasteiger partial charge in [0.25, 0.3) is 0 Å². The summed E-state index contributed by atoms with van der Waals surface area (Å²) < 4.78 is 5.84. The lowest BCUT2D eigenvalue weighted by molar-refractivity contribution is -0.146. The van der Waals surface area contributed by atoms with Gasteiger partial charge in [0, 0.05) is 21.7 Å². The zero-order chi connectivity index (χ0) is 12.8. The van der Waals surface area contributed by atoms with Crippen LogP contribution in [0.3, 0.4) is 0 Å². The topological polar surface area (TPSA) is 38.3 Å². The van der Waals surface area contributed by atoms with Gasteiger partial charge in [-0.15, -0.1) is 0 Å². The molecule has 1 N–H and O–H groups in total. The number of halogens is 2. The minimum atomic E-state index is -0.196. The number of benzene rings is 1. The van der Waals surface area contributed by atoms with Crippen molar-refractivity contribution in [2.75, 3.05) is 18.5 Å². The summed E-state index contributed by atoms with van der Waals surface area (Å²) in [6.07, 6.45) is 0. The number of hydrogen-bond acceptors (Lipinski definition) is 3. The van der Waals surface area contributed by atoms with Crippen LogP contribution in [-0.4, -0.2) is 19.1 Å². The molecule has 1 atom stereocenters. The first-order chi connectivity index (χ1) is 8.04. The summed E-state index contributed by atoms with van der Waals surface area (Å²) >= 11 is 9.30. The zero-order valence-corrected chi connectivity index (χ0v) is 12.1. The van der Waals surface area contributed by atoms with Crippen LogP contribution in [0.4, 0.5) is 5.69 Å². The minimum absolute atomic E-state index is 0.194. The van der Waals surface area contributed by atoms with E-state index in [2.05, 4.69) is 21.2 Å². The van der Waals surface area contributed by atoms with E-state index < -0.39 is 0 Å². The number of nitrogens with one attached hydrogen (secondary N) is 1. The molecule has 0 spiro atoms. The SMILES string of the molecule is CCOC(=O)C(C)CNc1cc(Cl)ccc1Br. The van der Waals surface area contributed by atoms with Crippen LogP contribution in [0, 0.1) is 5.92 Å². The molecule has 0 saturated carbocycles. The van der Waals surface area contributed by atoms with Gasteiger partial charge in [-0.25, -0.2) is 0 Å². The normalized spacial score (nSPS) is 12.0. The van der Waals surface area contributed by atoms with Gasteiger partial charge in [0.05, 0.1) is 12.5 Å². The molecule has 0 bridgehead atoms. The van der Waals surface area contributed by atoms with E-state index in [1.54, 1.807) is 13.0 Å². The molecule has 0 aromatic heterocycles. The van der Waals surface area contributed by atoms with Crippen LogP contribution in [-0.2, 0) is 9.53 Å². The second-order valence-corrected chi connectivity index (χ2v) is 4.95. The van der Waals surface area contributed by atoms with Crippen LogP contribution in [0.5, 0.6) is 0 Å². The van der Waals surface area contributed by atoms with Gasteiger partial charge in [0.15, 0.2) is 0 Å². The summed E-state index contributed by atoms with van der Waals surface area (Å²) in [4.78, 5) is 11.4. The van der Waals surface area contributed by atoms with Crippen molar-refractivity contribution >= 4 is 39.2 Å². The van der Waals surface area contributed by atoms with Crippen molar-refractivity contribution in [2.45, 2.75) is 13.8 Å². The Hall–Kier alpha value is -0.740. The molecule has 1 aromatic carbocycles. The molecule has 1 rings (SSSR count). The molecule has 0 aliphatic heterocycles. The van der Waals surface area contributed by atoms with Gasteiger partial charge < -0.3 is 10.1 Å². The smallest absolute Gasteiger partial charge is 0.310 e. The molecule has 3 nitrogen and oxygen atoms in total. The van der Waals surface area contributed by atoms with Crippen LogP contribution in [0.2, 0.25) is 5.02 Å². The lowest BCUT2D eigenvalue weighted by Crippen LogP contribution is -2.22. The Balaban J connectivity index is 2.55. The Morgan fingerprint density at radius 3 is 2.94 bits per heavy atom. The third kappa shape index (κ3) is 4.56. The van der Waals surface area contributed by atoms with E-state index in [-0.39, 0.29) is 11.9 Å². The van der Waals surface area contributed by atoms with E-state index in [1.807, 2.05) is 19.1 Å². The van der Waals surface area contributed by atoms with E-state index in [0.717, 1.165) is 10.2 Å². The number of carbonyl (C=O) groups excluding carboxylic acids is 1. The maximum absolute atomic E-state index is 11.4. The quantitative estimate of drug-likeness (QED) is 0.840. The van der Waals surface area contributed by atoms with Crippen LogP contribution in [0.15, 0.2) is 22.7 Å². The molecule has 0 aliphatic carbocycles. The van der Waals surface area contributed by atoms with Crippen molar-refractivity contribution in [3.05, 3.63) is 27.7 Å². The number of ether oxygens (including phenoxy) is 1. The predicted octanol–water partition coefficient (Wildman–Crippen LogP) is 3.71. The maximum Gasteiger partial charge on any atom is 0.310 e. The monoisotopic (exact) mass is 319 g/mol. The van der Waals surface area contributed by atoms with Gasteiger partial charge in [-0.3, -0.25) is 4.79 Å². The summed E-state index contributed by atoms with van der Waals surface area (Å²) in [6.45, 7) is 4.54. The Bertz CT molecular complexity index is 398. The van der Waals surface area contributed by atoms with E-state index in [4.69, 9.17) is 16.3 Å². The number of anilines is 1. The highest BCUT2D eigenvalue weighted by Gasteiger charge is 2.13. The molecular formula is C12H15BrClNO2. The first kappa shape index (κ1) is 14.3. The van der Waals surface area contributed by atoms with Crippen LogP contribution in [0.25, 0.3) is 0 Å². The maximum atomic E-state index is 11.4. The third-order valence-electron chi connectivity index (χ3n) is 2.22. The second-order valence-electron chi connectivity index (χ2n) is 3.66. The van der Waals surface area contributed by atoms with Crippen molar-refractivity contribution in [1.29, 1.82) is 0 Å². The summed E-state index contributed by atoms with van der Waals surface area (Å²) in [5, 5.41) is 3.81. The average Bonchev–Trinajstić information content (AvgIpc) is 2.30. The summed E-state index contributed by atoms with van der Waals surface area (Å²) in [5.74, 6) is -0.390. The van der Waals surface area contributed by atoms with Gasteiger partial charge in [-0.1, -0.05) is 18.5 Å². The van der Waals surface area contributed by atoms with Gasteiger partial charge in [-0.05, 0) is 41.1 Å². The molecule has 94 valence electrons. The number of esters is 1. The van der Waals surface area contributed by atoms with Crippen molar-refractivity contribution < 1.29 is 9.53 Å². The highest BCUT2D eigenvalue weighted by atomic mass is 79.9. The molecule has 5 heteroatoms. The molecule has 0 heterocycles. The fourth-order valence-corrected chi connectivity index (χ4v) is 1.82. The van der Waals surface area contributed by atoms with E-state index >= 15 is 0 Å². The zero-order valence-electron chi connectivity index (χ0n) is 9.80. The molecule has 17 heavy (non-hydrogen) atoms. The van der Waals surface area contributed by atoms with Crippen molar-refractivity contribution in [2.24, 2.45) is 5.92 Å². The van der Waals surface area contributed by atoms with Crippen molar-refractivity contribution in [3.8, 4) is 0 Å². The summed E-state index contributed by atoms with van der Waals surface area (Å²) in [7, 11) is 0. The first-order valence-corrected chi connectivity index (χ1v) is 6.57. The minimum Gasteiger partial charge on any atom is -0.466 e. The van der Waals surface area contributed by atoms with Gasteiger partial charge in [-0.2, -0.15) is 0 Å². The van der Waals surface area contributed by atoms with E-state index in [1.165, 1.54) is 0 Å². The second kappa shape index (κ2) is 6.87. The van der Waals surface area contributed by atoms with Crippen molar-refractivity contribution in [3.63, 3.8) is 0 Å². The summed E-state index contributed by atoms with van der Waals surface area (Å²) in [5.41, 5.74) is 0.869. The first-order valence-electron chi connectivity index (χ1n) is 5.40. The molecule has 0 aliphatic rings. The van der Waals surface area contributed by atoms with Gasteiger partial charge >= 0.3 is 5.97 Å². The fourth-order valence-electron chi connectivity index (χ4n) is 1.26. The third-order valence-corrected chi connectivity index (χ3v) is 3.14. The molecule has 1 unspecified atom stereocenters. The molecule has 0 amide bonds. The van der Waals surface area contributed by atoms with Crippen LogP contribution < -0.4 is 5.32 Å². The largest absolute Gasteiger partial charge is 0.466 e. The number of carbonyl (C=O) groups is 1. The van der Waals surface area contributed by atoms with Crippen molar-refractivity contribution in [1.82, 2.24) is 0 Å². The Labute approximate surface area is 115 Å². The number of rotatable bonds is 5. The lowest BCUT2D eigenvalue weighted by atomic mass is 10.2. The Kier molecular flexibility index (Phi) is 5.78. The highest BCUT2D eigenvalue weighted by molar-refractivity contribution is 9.10. The molecule has 1 aromatic rings. The van der Waals surface area contributed by atoms with Crippen LogP contribution >= 0.6 is 27.5 Å². The van der Waals surface area contributed by atoms with Gasteiger partial charge in [0.1, 0.15) is 0 Å². The van der Waals surface area contributed by atoms with Gasteiger partial charge in [0.2, 0.25) is 0 Å². The molecular weight excluding hydrogens is 305 g/mol. The lowest BCUT2D eigenvalue weighted by Gasteiger charge is -2.13. The number of hydrogen-bond donors (Lipinski definition) is 1. The van der Waals surface area contributed by atoms with E-state index in [0.29, 0.717) is 18.2 Å². The summed E-state index contributed by atoms with van der Waals surface area (Å²) in [6, 6.07) is 5.47. The molecule has 0 saturated heterocycles. The highest BCUT2D eigenvalue weighted by Crippen LogP contribution is 2.26. The Morgan fingerprint density at radius 1 is 1.59 bits per heavy atom. The molecule has 0 radical (unpaired) electrons. The standard InChI is InChI=1S/C12H15BrClNO2/c1-3-17-12(16)8(2)7-15-11-6-9(14)4-5-10(11)13/h4-6,8,15H,3,7H2,1-2H3.